The van der Waals surface area contributed by atoms with Crippen LogP contribution in [0.25, 0.3) is 0 Å². The molecule has 0 N–H and O–H groups in total. The maximum atomic E-state index is 13.0. The van der Waals surface area contributed by atoms with Gasteiger partial charge in [-0.1, -0.05) is 0 Å². The molecule has 0 rings (SSSR count). The first kappa shape index (κ1) is 27.7. The molecule has 0 unspecified atom stereocenters. The molecule has 0 radical (unpaired) electrons. The zero-order valence-electron chi connectivity index (χ0n) is 20.0. The molecule has 5 heteroatoms. The molecule has 0 heterocycles. The summed E-state index contributed by atoms with van der Waals surface area (Å²) in [6.07, 6.45) is 10.4. The van der Waals surface area contributed by atoms with E-state index in [0.29, 0.717) is 0 Å². The van der Waals surface area contributed by atoms with Crippen molar-refractivity contribution in [1.82, 2.24) is 4.90 Å². The molecule has 0 aromatic carbocycles. The molecule has 0 spiro atoms. The molecular formula is C23H48N2O2Sn. The van der Waals surface area contributed by atoms with Gasteiger partial charge in [-0.2, -0.15) is 0 Å². The number of rotatable bonds is 15. The molecule has 166 valence electrons. The summed E-state index contributed by atoms with van der Waals surface area (Å²) in [5.41, 5.74) is -0.439. The summed E-state index contributed by atoms with van der Waals surface area (Å²) in [4.78, 5) is 19.4. The van der Waals surface area contributed by atoms with Crippen LogP contribution in [0.3, 0.4) is 0 Å². The summed E-state index contributed by atoms with van der Waals surface area (Å²) in [5.74, 6) is 0. The van der Waals surface area contributed by atoms with E-state index < -0.39 is 24.0 Å². The second-order valence-corrected chi connectivity index (χ2v) is 23.0. The van der Waals surface area contributed by atoms with E-state index in [9.17, 15) is 4.79 Å². The van der Waals surface area contributed by atoms with Gasteiger partial charge in [0.2, 0.25) is 0 Å². The Balaban J connectivity index is 5.47. The van der Waals surface area contributed by atoms with Gasteiger partial charge in [0.15, 0.2) is 0 Å². The SMILES string of the molecule is CC=NCCCN([CH2][Sn]([CH2]CCC)([CH2]CCC)[CH2]CCC)C(=O)OC(C)(C)C. The fourth-order valence-electron chi connectivity index (χ4n) is 3.72. The van der Waals surface area contributed by atoms with Gasteiger partial charge in [-0.15, -0.1) is 0 Å². The summed E-state index contributed by atoms with van der Waals surface area (Å²) in [7, 11) is 0. The first-order valence-corrected chi connectivity index (χ1v) is 19.7. The van der Waals surface area contributed by atoms with Gasteiger partial charge in [-0.25, -0.2) is 0 Å². The Hall–Kier alpha value is -0.261. The van der Waals surface area contributed by atoms with Crippen LogP contribution in [0.2, 0.25) is 13.3 Å². The summed E-state index contributed by atoms with van der Waals surface area (Å²) in [5, 5.41) is 0. The van der Waals surface area contributed by atoms with Gasteiger partial charge in [0.1, 0.15) is 0 Å². The van der Waals surface area contributed by atoms with Crippen molar-refractivity contribution >= 4 is 30.7 Å². The Labute approximate surface area is 179 Å². The number of ether oxygens (including phenoxy) is 1. The molecule has 0 aliphatic heterocycles. The van der Waals surface area contributed by atoms with E-state index in [0.717, 1.165) is 24.1 Å². The summed E-state index contributed by atoms with van der Waals surface area (Å²) in [6.45, 7) is 16.3. The quantitative estimate of drug-likeness (QED) is 0.136. The van der Waals surface area contributed by atoms with Gasteiger partial charge in [-0.3, -0.25) is 0 Å². The fourth-order valence-corrected chi connectivity index (χ4v) is 19.8. The summed E-state index contributed by atoms with van der Waals surface area (Å²) in [6, 6.07) is 0. The van der Waals surface area contributed by atoms with Crippen LogP contribution in [-0.4, -0.2) is 58.8 Å². The summed E-state index contributed by atoms with van der Waals surface area (Å²) < 4.78 is 11.1. The predicted molar refractivity (Wildman–Crippen MR) is 126 cm³/mol. The van der Waals surface area contributed by atoms with Gasteiger partial charge in [0.05, 0.1) is 0 Å². The van der Waals surface area contributed by atoms with Crippen molar-refractivity contribution in [2.24, 2.45) is 4.99 Å². The van der Waals surface area contributed by atoms with Crippen molar-refractivity contribution in [2.75, 3.05) is 17.7 Å². The van der Waals surface area contributed by atoms with Crippen LogP contribution in [0.15, 0.2) is 4.99 Å². The Morgan fingerprint density at radius 2 is 1.46 bits per heavy atom. The molecular weight excluding hydrogens is 455 g/mol. The van der Waals surface area contributed by atoms with E-state index in [4.69, 9.17) is 4.74 Å². The van der Waals surface area contributed by atoms with Crippen LogP contribution in [0, 0.1) is 0 Å². The molecule has 1 amide bonds. The van der Waals surface area contributed by atoms with Crippen LogP contribution in [0.4, 0.5) is 4.79 Å². The van der Waals surface area contributed by atoms with Crippen molar-refractivity contribution in [3.05, 3.63) is 0 Å². The van der Waals surface area contributed by atoms with E-state index in [-0.39, 0.29) is 6.09 Å². The van der Waals surface area contributed by atoms with Gasteiger partial charge < -0.3 is 0 Å². The first-order chi connectivity index (χ1) is 13.2. The second-order valence-electron chi connectivity index (χ2n) is 9.23. The number of amides is 1. The Kier molecular flexibility index (Phi) is 15.4. The minimum absolute atomic E-state index is 0.112. The number of unbranched alkanes of at least 4 members (excludes halogenated alkanes) is 3. The van der Waals surface area contributed by atoms with Crippen LogP contribution in [0.5, 0.6) is 0 Å². The maximum absolute atomic E-state index is 13.0. The van der Waals surface area contributed by atoms with Crippen molar-refractivity contribution in [2.45, 2.75) is 112 Å². The Morgan fingerprint density at radius 3 is 1.86 bits per heavy atom. The van der Waals surface area contributed by atoms with Crippen LogP contribution in [-0.2, 0) is 4.74 Å². The van der Waals surface area contributed by atoms with Crippen LogP contribution < -0.4 is 0 Å². The number of carbonyl (C=O) groups excluding carboxylic acids is 1. The van der Waals surface area contributed by atoms with E-state index >= 15 is 0 Å². The zero-order chi connectivity index (χ0) is 21.5. The normalized spacial score (nSPS) is 12.5. The number of hydrogen-bond acceptors (Lipinski definition) is 3. The molecule has 0 atom stereocenters. The number of nitrogens with zero attached hydrogens (tertiary/aromatic N) is 2. The molecule has 0 aromatic rings. The minimum atomic E-state index is -2.44. The number of aliphatic imine (C=N–C) groups is 1. The molecule has 0 bridgehead atoms. The summed E-state index contributed by atoms with van der Waals surface area (Å²) >= 11 is -2.44. The molecule has 0 saturated heterocycles. The topological polar surface area (TPSA) is 41.9 Å². The zero-order valence-corrected chi connectivity index (χ0v) is 22.8. The number of hydrogen-bond donors (Lipinski definition) is 0. The molecule has 0 saturated carbocycles. The van der Waals surface area contributed by atoms with E-state index in [1.165, 1.54) is 51.8 Å². The van der Waals surface area contributed by atoms with E-state index in [1.54, 1.807) is 0 Å². The fraction of sp³-hybridized carbons (Fsp3) is 0.913. The molecule has 0 aliphatic rings. The van der Waals surface area contributed by atoms with Crippen molar-refractivity contribution in [1.29, 1.82) is 0 Å². The second kappa shape index (κ2) is 15.6. The third-order valence-corrected chi connectivity index (χ3v) is 20.4. The first-order valence-electron chi connectivity index (χ1n) is 11.7. The Bertz CT molecular complexity index is 411. The third-order valence-electron chi connectivity index (χ3n) is 5.26. The Morgan fingerprint density at radius 1 is 0.964 bits per heavy atom. The standard InChI is InChI=1S/C11H21N2O2.3C4H9.Sn/c1-6-12-8-7-9-13(5)10(14)15-11(2,3)4;3*1-3-4-2;/h6H,5,7-9H2,1-4H3;3*1,3-4H2,2H3;. The monoisotopic (exact) mass is 504 g/mol. The van der Waals surface area contributed by atoms with Crippen LogP contribution in [0.1, 0.15) is 93.4 Å². The van der Waals surface area contributed by atoms with Crippen molar-refractivity contribution < 1.29 is 9.53 Å². The van der Waals surface area contributed by atoms with Crippen molar-refractivity contribution in [3.8, 4) is 0 Å². The average Bonchev–Trinajstić information content (AvgIpc) is 2.63. The third kappa shape index (κ3) is 13.1. The van der Waals surface area contributed by atoms with Gasteiger partial charge in [0, 0.05) is 0 Å². The van der Waals surface area contributed by atoms with Gasteiger partial charge >= 0.3 is 180 Å². The molecule has 28 heavy (non-hydrogen) atoms. The van der Waals surface area contributed by atoms with Gasteiger partial charge in [-0.05, 0) is 0 Å². The molecule has 4 nitrogen and oxygen atoms in total. The van der Waals surface area contributed by atoms with Gasteiger partial charge in [0.25, 0.3) is 0 Å². The number of carbonyl (C=O) groups is 1. The van der Waals surface area contributed by atoms with E-state index in [2.05, 4.69) is 30.7 Å². The van der Waals surface area contributed by atoms with Crippen LogP contribution >= 0.6 is 0 Å². The molecule has 0 aliphatic carbocycles. The molecule has 0 aromatic heterocycles. The average molecular weight is 503 g/mol. The molecule has 0 fully saturated rings. The van der Waals surface area contributed by atoms with Crippen molar-refractivity contribution in [3.63, 3.8) is 0 Å². The predicted octanol–water partition coefficient (Wildman–Crippen LogP) is 7.09. The van der Waals surface area contributed by atoms with E-state index in [1.807, 2.05) is 33.9 Å².